The van der Waals surface area contributed by atoms with Crippen LogP contribution in [0.5, 0.6) is 11.5 Å². The number of hydrogen-bond donors (Lipinski definition) is 2. The SMILES string of the molecule is CCCC(OC(=O)c1ccc(O)c(O)c1)c1ccccc1. The van der Waals surface area contributed by atoms with Crippen LogP contribution in [0.15, 0.2) is 48.5 Å². The number of hydrogen-bond acceptors (Lipinski definition) is 4. The number of phenols is 2. The number of esters is 1. The molecule has 0 saturated carbocycles. The van der Waals surface area contributed by atoms with E-state index >= 15 is 0 Å². The normalized spacial score (nSPS) is 11.9. The molecule has 0 amide bonds. The Balaban J connectivity index is 2.16. The van der Waals surface area contributed by atoms with Crippen molar-refractivity contribution in [2.24, 2.45) is 0 Å². The van der Waals surface area contributed by atoms with E-state index in [0.717, 1.165) is 18.4 Å². The molecule has 2 aromatic rings. The summed E-state index contributed by atoms with van der Waals surface area (Å²) in [5, 5.41) is 18.7. The Hall–Kier alpha value is -2.49. The standard InChI is InChI=1S/C17H18O4/c1-2-6-16(12-7-4-3-5-8-12)21-17(20)13-9-10-14(18)15(19)11-13/h3-5,7-11,16,18-19H,2,6H2,1H3. The van der Waals surface area contributed by atoms with Gasteiger partial charge in [-0.25, -0.2) is 4.79 Å². The van der Waals surface area contributed by atoms with Crippen molar-refractivity contribution in [1.29, 1.82) is 0 Å². The first kappa shape index (κ1) is 14.9. The maximum atomic E-state index is 12.2. The van der Waals surface area contributed by atoms with Gasteiger partial charge in [0.25, 0.3) is 0 Å². The van der Waals surface area contributed by atoms with Crippen LogP contribution in [0.2, 0.25) is 0 Å². The van der Waals surface area contributed by atoms with Crippen molar-refractivity contribution in [3.8, 4) is 11.5 Å². The lowest BCUT2D eigenvalue weighted by Gasteiger charge is -2.18. The van der Waals surface area contributed by atoms with E-state index in [-0.39, 0.29) is 23.2 Å². The van der Waals surface area contributed by atoms with Gasteiger partial charge in [0.05, 0.1) is 5.56 Å². The molecule has 0 fully saturated rings. The topological polar surface area (TPSA) is 66.8 Å². The number of phenolic OH excluding ortho intramolecular Hbond substituents is 2. The van der Waals surface area contributed by atoms with E-state index in [2.05, 4.69) is 0 Å². The predicted molar refractivity (Wildman–Crippen MR) is 79.3 cm³/mol. The first-order chi connectivity index (χ1) is 10.1. The second-order valence-electron chi connectivity index (χ2n) is 4.80. The molecule has 0 aliphatic carbocycles. The maximum Gasteiger partial charge on any atom is 0.338 e. The van der Waals surface area contributed by atoms with Crippen LogP contribution in [0, 0.1) is 0 Å². The summed E-state index contributed by atoms with van der Waals surface area (Å²) >= 11 is 0. The molecule has 0 aromatic heterocycles. The van der Waals surface area contributed by atoms with Crippen molar-refractivity contribution in [1.82, 2.24) is 0 Å². The molecule has 0 aliphatic heterocycles. The van der Waals surface area contributed by atoms with E-state index in [1.54, 1.807) is 0 Å². The number of carbonyl (C=O) groups is 1. The molecular formula is C17H18O4. The highest BCUT2D eigenvalue weighted by Crippen LogP contribution is 2.28. The van der Waals surface area contributed by atoms with Gasteiger partial charge in [-0.1, -0.05) is 43.7 Å². The van der Waals surface area contributed by atoms with Crippen molar-refractivity contribution < 1.29 is 19.7 Å². The van der Waals surface area contributed by atoms with Gasteiger partial charge in [0.2, 0.25) is 0 Å². The molecule has 2 aromatic carbocycles. The predicted octanol–water partition coefficient (Wildman–Crippen LogP) is 3.80. The van der Waals surface area contributed by atoms with E-state index < -0.39 is 5.97 Å². The van der Waals surface area contributed by atoms with Gasteiger partial charge in [0.15, 0.2) is 11.5 Å². The highest BCUT2D eigenvalue weighted by atomic mass is 16.5. The maximum absolute atomic E-state index is 12.2. The van der Waals surface area contributed by atoms with E-state index in [1.165, 1.54) is 18.2 Å². The van der Waals surface area contributed by atoms with Gasteiger partial charge in [-0.15, -0.1) is 0 Å². The molecule has 4 nitrogen and oxygen atoms in total. The molecule has 0 heterocycles. The first-order valence-corrected chi connectivity index (χ1v) is 6.89. The monoisotopic (exact) mass is 286 g/mol. The van der Waals surface area contributed by atoms with Gasteiger partial charge in [-0.2, -0.15) is 0 Å². The van der Waals surface area contributed by atoms with Crippen LogP contribution >= 0.6 is 0 Å². The Morgan fingerprint density at radius 2 is 1.81 bits per heavy atom. The minimum atomic E-state index is -0.521. The second kappa shape index (κ2) is 6.79. The fourth-order valence-corrected chi connectivity index (χ4v) is 2.07. The third-order valence-electron chi connectivity index (χ3n) is 3.18. The summed E-state index contributed by atoms with van der Waals surface area (Å²) in [6.07, 6.45) is 1.28. The molecule has 0 aliphatic rings. The van der Waals surface area contributed by atoms with Crippen molar-refractivity contribution >= 4 is 5.97 Å². The van der Waals surface area contributed by atoms with Gasteiger partial charge in [0.1, 0.15) is 6.10 Å². The molecule has 1 atom stereocenters. The van der Waals surface area contributed by atoms with Gasteiger partial charge >= 0.3 is 5.97 Å². The summed E-state index contributed by atoms with van der Waals surface area (Å²) in [4.78, 5) is 12.2. The minimum Gasteiger partial charge on any atom is -0.504 e. The summed E-state index contributed by atoms with van der Waals surface area (Å²) in [5.74, 6) is -1.12. The molecular weight excluding hydrogens is 268 g/mol. The third kappa shape index (κ3) is 3.75. The molecule has 0 radical (unpaired) electrons. The molecule has 0 saturated heterocycles. The van der Waals surface area contributed by atoms with Crippen molar-refractivity contribution in [2.45, 2.75) is 25.9 Å². The summed E-state index contributed by atoms with van der Waals surface area (Å²) in [6.45, 7) is 2.02. The quantitative estimate of drug-likeness (QED) is 0.648. The Kier molecular flexibility index (Phi) is 4.82. The number of carbonyl (C=O) groups excluding carboxylic acids is 1. The van der Waals surface area contributed by atoms with E-state index in [1.807, 2.05) is 37.3 Å². The van der Waals surface area contributed by atoms with Crippen LogP contribution in [0.1, 0.15) is 41.8 Å². The van der Waals surface area contributed by atoms with Crippen LogP contribution in [0.4, 0.5) is 0 Å². The largest absolute Gasteiger partial charge is 0.504 e. The molecule has 0 bridgehead atoms. The zero-order valence-corrected chi connectivity index (χ0v) is 11.8. The van der Waals surface area contributed by atoms with Gasteiger partial charge in [-0.05, 0) is 30.2 Å². The lowest BCUT2D eigenvalue weighted by Crippen LogP contribution is -2.11. The molecule has 4 heteroatoms. The fraction of sp³-hybridized carbons (Fsp3) is 0.235. The molecule has 2 N–H and O–H groups in total. The van der Waals surface area contributed by atoms with Crippen LogP contribution in [0.3, 0.4) is 0 Å². The smallest absolute Gasteiger partial charge is 0.338 e. The van der Waals surface area contributed by atoms with E-state index in [9.17, 15) is 15.0 Å². The fourth-order valence-electron chi connectivity index (χ4n) is 2.07. The molecule has 2 rings (SSSR count). The van der Waals surface area contributed by atoms with Gasteiger partial charge in [-0.3, -0.25) is 0 Å². The molecule has 21 heavy (non-hydrogen) atoms. The Bertz CT molecular complexity index is 607. The third-order valence-corrected chi connectivity index (χ3v) is 3.18. The summed E-state index contributed by atoms with van der Waals surface area (Å²) < 4.78 is 5.53. The lowest BCUT2D eigenvalue weighted by atomic mass is 10.1. The molecule has 1 unspecified atom stereocenters. The summed E-state index contributed by atoms with van der Waals surface area (Å²) in [6, 6.07) is 13.4. The highest BCUT2D eigenvalue weighted by molar-refractivity contribution is 5.90. The summed E-state index contributed by atoms with van der Waals surface area (Å²) in [7, 11) is 0. The molecule has 110 valence electrons. The van der Waals surface area contributed by atoms with Crippen LogP contribution in [0.25, 0.3) is 0 Å². The number of benzene rings is 2. The van der Waals surface area contributed by atoms with E-state index in [0.29, 0.717) is 0 Å². The Morgan fingerprint density at radius 3 is 2.43 bits per heavy atom. The van der Waals surface area contributed by atoms with Gasteiger partial charge in [0, 0.05) is 0 Å². The Labute approximate surface area is 123 Å². The van der Waals surface area contributed by atoms with Crippen molar-refractivity contribution in [3.05, 3.63) is 59.7 Å². The Morgan fingerprint density at radius 1 is 1.10 bits per heavy atom. The van der Waals surface area contributed by atoms with Crippen LogP contribution in [-0.4, -0.2) is 16.2 Å². The zero-order chi connectivity index (χ0) is 15.2. The average molecular weight is 286 g/mol. The van der Waals surface area contributed by atoms with Crippen molar-refractivity contribution in [2.75, 3.05) is 0 Å². The van der Waals surface area contributed by atoms with Crippen LogP contribution < -0.4 is 0 Å². The summed E-state index contributed by atoms with van der Waals surface area (Å²) in [5.41, 5.74) is 1.15. The number of aromatic hydroxyl groups is 2. The number of ether oxygens (including phenoxy) is 1. The van der Waals surface area contributed by atoms with Gasteiger partial charge < -0.3 is 14.9 Å². The van der Waals surface area contributed by atoms with Crippen LogP contribution in [-0.2, 0) is 4.74 Å². The second-order valence-corrected chi connectivity index (χ2v) is 4.80. The zero-order valence-electron chi connectivity index (χ0n) is 11.8. The van der Waals surface area contributed by atoms with Crippen molar-refractivity contribution in [3.63, 3.8) is 0 Å². The molecule has 0 spiro atoms. The minimum absolute atomic E-state index is 0.210. The highest BCUT2D eigenvalue weighted by Gasteiger charge is 2.18. The number of rotatable bonds is 5. The first-order valence-electron chi connectivity index (χ1n) is 6.89. The lowest BCUT2D eigenvalue weighted by molar-refractivity contribution is 0.0274. The van der Waals surface area contributed by atoms with E-state index in [4.69, 9.17) is 4.74 Å². The average Bonchev–Trinajstić information content (AvgIpc) is 2.50.